The minimum atomic E-state index is -0.0470. The molecule has 1 aromatic heterocycles. The fourth-order valence-corrected chi connectivity index (χ4v) is 3.42. The van der Waals surface area contributed by atoms with Crippen molar-refractivity contribution in [3.05, 3.63) is 28.5 Å². The fraction of sp³-hybridized carbons (Fsp3) is 0.625. The van der Waals surface area contributed by atoms with Gasteiger partial charge in [-0.15, -0.1) is 0 Å². The number of aromatic nitrogens is 1. The van der Waals surface area contributed by atoms with Gasteiger partial charge in [-0.1, -0.05) is 25.7 Å². The minimum Gasteiger partial charge on any atom is -0.350 e. The van der Waals surface area contributed by atoms with E-state index >= 15 is 0 Å². The van der Waals surface area contributed by atoms with Crippen LogP contribution in [0.3, 0.4) is 0 Å². The number of pyridine rings is 1. The van der Waals surface area contributed by atoms with Gasteiger partial charge in [-0.05, 0) is 48.9 Å². The normalized spacial score (nSPS) is 18.3. The number of rotatable bonds is 4. The first-order valence-electron chi connectivity index (χ1n) is 7.60. The molecule has 1 amide bonds. The zero-order valence-corrected chi connectivity index (χ0v) is 14.4. The summed E-state index contributed by atoms with van der Waals surface area (Å²) in [6.07, 6.45) is 10.7. The lowest BCUT2D eigenvalue weighted by Gasteiger charge is -2.39. The van der Waals surface area contributed by atoms with Crippen LogP contribution in [0, 0.1) is 0 Å². The van der Waals surface area contributed by atoms with Crippen LogP contribution in [0.5, 0.6) is 0 Å². The molecular weight excluding hydrogens is 330 g/mol. The van der Waals surface area contributed by atoms with E-state index in [1.807, 2.05) is 0 Å². The predicted octanol–water partition coefficient (Wildman–Crippen LogP) is 3.23. The van der Waals surface area contributed by atoms with Gasteiger partial charge in [0.05, 0.1) is 5.56 Å². The second-order valence-electron chi connectivity index (χ2n) is 6.11. The van der Waals surface area contributed by atoms with Gasteiger partial charge in [-0.3, -0.25) is 9.78 Å². The van der Waals surface area contributed by atoms with Crippen LogP contribution in [0.15, 0.2) is 22.9 Å². The van der Waals surface area contributed by atoms with E-state index in [1.54, 1.807) is 18.5 Å². The van der Waals surface area contributed by atoms with Crippen LogP contribution >= 0.6 is 15.9 Å². The molecule has 0 atom stereocenters. The Morgan fingerprint density at radius 3 is 2.52 bits per heavy atom. The summed E-state index contributed by atoms with van der Waals surface area (Å²) >= 11 is 3.35. The molecule has 116 valence electrons. The van der Waals surface area contributed by atoms with Crippen LogP contribution in [-0.2, 0) is 0 Å². The van der Waals surface area contributed by atoms with Crippen molar-refractivity contribution in [2.75, 3.05) is 20.6 Å². The van der Waals surface area contributed by atoms with Crippen molar-refractivity contribution in [1.82, 2.24) is 15.2 Å². The molecule has 0 aromatic carbocycles. The van der Waals surface area contributed by atoms with Crippen molar-refractivity contribution in [2.24, 2.45) is 0 Å². The molecule has 1 fully saturated rings. The topological polar surface area (TPSA) is 45.2 Å². The number of hydrogen-bond donors (Lipinski definition) is 1. The Kier molecular flexibility index (Phi) is 5.76. The second kappa shape index (κ2) is 7.36. The third-order valence-corrected chi connectivity index (χ3v) is 4.96. The van der Waals surface area contributed by atoms with Crippen molar-refractivity contribution in [3.63, 3.8) is 0 Å². The van der Waals surface area contributed by atoms with Crippen LogP contribution in [0.25, 0.3) is 0 Å². The van der Waals surface area contributed by atoms with Gasteiger partial charge in [0.1, 0.15) is 0 Å². The van der Waals surface area contributed by atoms with Crippen molar-refractivity contribution in [2.45, 2.75) is 44.1 Å². The Labute approximate surface area is 135 Å². The molecular formula is C16H24BrN3O. The summed E-state index contributed by atoms with van der Waals surface area (Å²) in [5.41, 5.74) is 0.693. The van der Waals surface area contributed by atoms with Crippen LogP contribution in [0.1, 0.15) is 48.9 Å². The molecule has 5 heteroatoms. The molecule has 1 saturated carbocycles. The Morgan fingerprint density at radius 2 is 1.95 bits per heavy atom. The first-order chi connectivity index (χ1) is 10.0. The number of nitrogens with one attached hydrogen (secondary N) is 1. The van der Waals surface area contributed by atoms with E-state index in [0.29, 0.717) is 12.1 Å². The number of halogens is 1. The second-order valence-corrected chi connectivity index (χ2v) is 7.02. The highest BCUT2D eigenvalue weighted by Gasteiger charge is 2.33. The monoisotopic (exact) mass is 353 g/mol. The molecule has 21 heavy (non-hydrogen) atoms. The average molecular weight is 354 g/mol. The Morgan fingerprint density at radius 1 is 1.29 bits per heavy atom. The van der Waals surface area contributed by atoms with E-state index in [4.69, 9.17) is 0 Å². The Bertz CT molecular complexity index is 482. The first kappa shape index (κ1) is 16.4. The summed E-state index contributed by atoms with van der Waals surface area (Å²) < 4.78 is 0.826. The highest BCUT2D eigenvalue weighted by atomic mass is 79.9. The number of carbonyl (C=O) groups excluding carboxylic acids is 1. The minimum absolute atomic E-state index is 0.0470. The van der Waals surface area contributed by atoms with E-state index in [0.717, 1.165) is 17.3 Å². The SMILES string of the molecule is CN(C)C1(CNC(=O)c2cncc(Br)c2)CCCCCC1. The van der Waals surface area contributed by atoms with E-state index in [-0.39, 0.29) is 11.4 Å². The van der Waals surface area contributed by atoms with E-state index < -0.39 is 0 Å². The van der Waals surface area contributed by atoms with Crippen molar-refractivity contribution >= 4 is 21.8 Å². The van der Waals surface area contributed by atoms with Gasteiger partial charge in [0.25, 0.3) is 5.91 Å². The highest BCUT2D eigenvalue weighted by Crippen LogP contribution is 2.30. The van der Waals surface area contributed by atoms with Crippen LogP contribution < -0.4 is 5.32 Å². The standard InChI is InChI=1S/C16H24BrN3O/c1-20(2)16(7-5-3-4-6-8-16)12-19-15(21)13-9-14(17)11-18-10-13/h9-11H,3-8,12H2,1-2H3,(H,19,21). The van der Waals surface area contributed by atoms with Gasteiger partial charge in [-0.2, -0.15) is 0 Å². The molecule has 1 heterocycles. The zero-order valence-electron chi connectivity index (χ0n) is 12.9. The number of nitrogens with zero attached hydrogens (tertiary/aromatic N) is 2. The summed E-state index contributed by atoms with van der Waals surface area (Å²) in [5, 5.41) is 3.10. The molecule has 0 aliphatic heterocycles. The molecule has 0 unspecified atom stereocenters. The number of carbonyl (C=O) groups is 1. The largest absolute Gasteiger partial charge is 0.350 e. The average Bonchev–Trinajstić information content (AvgIpc) is 2.71. The van der Waals surface area contributed by atoms with Gasteiger partial charge >= 0.3 is 0 Å². The summed E-state index contributed by atoms with van der Waals surface area (Å²) in [7, 11) is 4.25. The smallest absolute Gasteiger partial charge is 0.252 e. The van der Waals surface area contributed by atoms with Crippen LogP contribution in [0.4, 0.5) is 0 Å². The van der Waals surface area contributed by atoms with Crippen molar-refractivity contribution < 1.29 is 4.79 Å². The predicted molar refractivity (Wildman–Crippen MR) is 88.4 cm³/mol. The summed E-state index contributed by atoms with van der Waals surface area (Å²) in [6.45, 7) is 0.700. The molecule has 1 N–H and O–H groups in total. The van der Waals surface area contributed by atoms with Crippen LogP contribution in [-0.4, -0.2) is 42.0 Å². The number of amides is 1. The van der Waals surface area contributed by atoms with Crippen LogP contribution in [0.2, 0.25) is 0 Å². The van der Waals surface area contributed by atoms with Gasteiger partial charge in [0.2, 0.25) is 0 Å². The van der Waals surface area contributed by atoms with Crippen molar-refractivity contribution in [3.8, 4) is 0 Å². The molecule has 1 aliphatic carbocycles. The Hall–Kier alpha value is -0.940. The highest BCUT2D eigenvalue weighted by molar-refractivity contribution is 9.10. The first-order valence-corrected chi connectivity index (χ1v) is 8.39. The number of likely N-dealkylation sites (N-methyl/N-ethyl adjacent to an activating group) is 1. The van der Waals surface area contributed by atoms with E-state index in [1.165, 1.54) is 25.7 Å². The lowest BCUT2D eigenvalue weighted by Crippen LogP contribution is -2.52. The molecule has 1 aliphatic rings. The van der Waals surface area contributed by atoms with Gasteiger partial charge in [-0.25, -0.2) is 0 Å². The lowest BCUT2D eigenvalue weighted by molar-refractivity contribution is 0.0868. The Balaban J connectivity index is 2.03. The zero-order chi connectivity index (χ0) is 15.3. The van der Waals surface area contributed by atoms with Gasteiger partial charge in [0.15, 0.2) is 0 Å². The number of hydrogen-bond acceptors (Lipinski definition) is 3. The van der Waals surface area contributed by atoms with E-state index in [9.17, 15) is 4.79 Å². The molecule has 0 saturated heterocycles. The maximum atomic E-state index is 12.3. The summed E-state index contributed by atoms with van der Waals surface area (Å²) in [5.74, 6) is -0.0470. The third-order valence-electron chi connectivity index (χ3n) is 4.53. The summed E-state index contributed by atoms with van der Waals surface area (Å²) in [4.78, 5) is 18.6. The molecule has 2 rings (SSSR count). The quantitative estimate of drug-likeness (QED) is 0.845. The molecule has 0 bridgehead atoms. The molecule has 4 nitrogen and oxygen atoms in total. The van der Waals surface area contributed by atoms with Crippen molar-refractivity contribution in [1.29, 1.82) is 0 Å². The summed E-state index contributed by atoms with van der Waals surface area (Å²) in [6, 6.07) is 1.80. The molecule has 1 aromatic rings. The van der Waals surface area contributed by atoms with Gasteiger partial charge in [0, 0.05) is 29.0 Å². The molecule has 0 spiro atoms. The fourth-order valence-electron chi connectivity index (χ4n) is 3.05. The van der Waals surface area contributed by atoms with Gasteiger partial charge < -0.3 is 10.2 Å². The van der Waals surface area contributed by atoms with E-state index in [2.05, 4.69) is 45.2 Å². The lowest BCUT2D eigenvalue weighted by atomic mass is 9.88. The molecule has 0 radical (unpaired) electrons. The maximum Gasteiger partial charge on any atom is 0.252 e. The maximum absolute atomic E-state index is 12.3. The third kappa shape index (κ3) is 4.27.